The molecular weight excluding hydrogens is 396 g/mol. The van der Waals surface area contributed by atoms with E-state index in [0.29, 0.717) is 18.0 Å². The van der Waals surface area contributed by atoms with Gasteiger partial charge in [-0.25, -0.2) is 18.4 Å². The van der Waals surface area contributed by atoms with Gasteiger partial charge in [-0.05, 0) is 49.4 Å². The van der Waals surface area contributed by atoms with Crippen LogP contribution in [-0.2, 0) is 19.6 Å². The summed E-state index contributed by atoms with van der Waals surface area (Å²) in [5.74, 6) is -0.790. The SMILES string of the molecule is CCOc1ccc(NC(=O)COC(=O)c2ccc(Cl)c(S(N)(=O)=O)c2)cc1. The van der Waals surface area contributed by atoms with Crippen LogP contribution in [0.3, 0.4) is 0 Å². The van der Waals surface area contributed by atoms with E-state index in [2.05, 4.69) is 5.32 Å². The number of halogens is 1. The van der Waals surface area contributed by atoms with Gasteiger partial charge >= 0.3 is 5.97 Å². The van der Waals surface area contributed by atoms with Crippen LogP contribution in [0.5, 0.6) is 5.75 Å². The molecule has 2 aromatic carbocycles. The van der Waals surface area contributed by atoms with Crippen molar-refractivity contribution in [1.29, 1.82) is 0 Å². The third-order valence-corrected chi connectivity index (χ3v) is 4.65. The van der Waals surface area contributed by atoms with Gasteiger partial charge in [0, 0.05) is 5.69 Å². The number of carbonyl (C=O) groups excluding carboxylic acids is 2. The first-order chi connectivity index (χ1) is 12.7. The Kier molecular flexibility index (Phi) is 6.78. The second-order valence-electron chi connectivity index (χ2n) is 5.27. The summed E-state index contributed by atoms with van der Waals surface area (Å²) >= 11 is 5.75. The molecule has 0 spiro atoms. The zero-order valence-corrected chi connectivity index (χ0v) is 15.8. The summed E-state index contributed by atoms with van der Waals surface area (Å²) in [5, 5.41) is 7.46. The van der Waals surface area contributed by atoms with E-state index in [4.69, 9.17) is 26.2 Å². The second-order valence-corrected chi connectivity index (χ2v) is 7.21. The van der Waals surface area contributed by atoms with Gasteiger partial charge < -0.3 is 14.8 Å². The Bertz CT molecular complexity index is 944. The molecule has 0 radical (unpaired) electrons. The summed E-state index contributed by atoms with van der Waals surface area (Å²) in [7, 11) is -4.10. The van der Waals surface area contributed by atoms with Crippen molar-refractivity contribution in [3.8, 4) is 5.75 Å². The van der Waals surface area contributed by atoms with Crippen molar-refractivity contribution in [2.75, 3.05) is 18.5 Å². The summed E-state index contributed by atoms with van der Waals surface area (Å²) in [4.78, 5) is 23.5. The number of primary sulfonamides is 1. The average molecular weight is 413 g/mol. The molecule has 0 aliphatic rings. The topological polar surface area (TPSA) is 125 Å². The Morgan fingerprint density at radius 2 is 1.81 bits per heavy atom. The van der Waals surface area contributed by atoms with Gasteiger partial charge in [0.25, 0.3) is 5.91 Å². The maximum absolute atomic E-state index is 12.0. The molecule has 0 heterocycles. The Hall–Kier alpha value is -2.62. The minimum Gasteiger partial charge on any atom is -0.494 e. The Balaban J connectivity index is 1.96. The van der Waals surface area contributed by atoms with Crippen LogP contribution >= 0.6 is 11.6 Å². The van der Waals surface area contributed by atoms with Gasteiger partial charge in [0.15, 0.2) is 6.61 Å². The van der Waals surface area contributed by atoms with Gasteiger partial charge in [0.2, 0.25) is 10.0 Å². The molecule has 0 unspecified atom stereocenters. The van der Waals surface area contributed by atoms with E-state index in [1.54, 1.807) is 24.3 Å². The molecule has 0 saturated carbocycles. The highest BCUT2D eigenvalue weighted by molar-refractivity contribution is 7.89. The lowest BCUT2D eigenvalue weighted by Crippen LogP contribution is -2.21. The minimum atomic E-state index is -4.10. The number of anilines is 1. The number of esters is 1. The lowest BCUT2D eigenvalue weighted by atomic mass is 10.2. The number of ether oxygens (including phenoxy) is 2. The zero-order valence-electron chi connectivity index (χ0n) is 14.3. The molecule has 8 nitrogen and oxygen atoms in total. The number of benzene rings is 2. The molecule has 0 aromatic heterocycles. The van der Waals surface area contributed by atoms with Gasteiger partial charge in [0.1, 0.15) is 10.6 Å². The van der Waals surface area contributed by atoms with Crippen molar-refractivity contribution < 1.29 is 27.5 Å². The Morgan fingerprint density at radius 1 is 1.15 bits per heavy atom. The van der Waals surface area contributed by atoms with Crippen molar-refractivity contribution in [2.45, 2.75) is 11.8 Å². The first-order valence-corrected chi connectivity index (χ1v) is 9.65. The van der Waals surface area contributed by atoms with E-state index < -0.39 is 33.4 Å². The summed E-state index contributed by atoms with van der Waals surface area (Å²) in [5.41, 5.74) is 0.403. The summed E-state index contributed by atoms with van der Waals surface area (Å²) in [6, 6.07) is 10.1. The van der Waals surface area contributed by atoms with E-state index >= 15 is 0 Å². The van der Waals surface area contributed by atoms with Gasteiger partial charge in [0.05, 0.1) is 17.2 Å². The molecule has 144 valence electrons. The highest BCUT2D eigenvalue weighted by Gasteiger charge is 2.18. The van der Waals surface area contributed by atoms with Crippen molar-refractivity contribution >= 4 is 39.2 Å². The monoisotopic (exact) mass is 412 g/mol. The maximum atomic E-state index is 12.0. The quantitative estimate of drug-likeness (QED) is 0.671. The number of amides is 1. The number of nitrogens with one attached hydrogen (secondary N) is 1. The van der Waals surface area contributed by atoms with Crippen molar-refractivity contribution in [1.82, 2.24) is 0 Å². The van der Waals surface area contributed by atoms with Gasteiger partial charge in [-0.15, -0.1) is 0 Å². The van der Waals surface area contributed by atoms with Crippen LogP contribution in [0.1, 0.15) is 17.3 Å². The maximum Gasteiger partial charge on any atom is 0.338 e. The number of carbonyl (C=O) groups is 2. The number of hydrogen-bond donors (Lipinski definition) is 2. The van der Waals surface area contributed by atoms with E-state index in [1.165, 1.54) is 12.1 Å². The predicted molar refractivity (Wildman–Crippen MR) is 99.3 cm³/mol. The lowest BCUT2D eigenvalue weighted by Gasteiger charge is -2.09. The van der Waals surface area contributed by atoms with Crippen LogP contribution in [0.15, 0.2) is 47.4 Å². The van der Waals surface area contributed by atoms with Crippen LogP contribution in [0, 0.1) is 0 Å². The molecule has 0 fully saturated rings. The van der Waals surface area contributed by atoms with Crippen molar-refractivity contribution in [3.05, 3.63) is 53.1 Å². The fourth-order valence-corrected chi connectivity index (χ4v) is 3.13. The van der Waals surface area contributed by atoms with E-state index in [0.717, 1.165) is 6.07 Å². The smallest absolute Gasteiger partial charge is 0.338 e. The van der Waals surface area contributed by atoms with Crippen LogP contribution in [0.25, 0.3) is 0 Å². The van der Waals surface area contributed by atoms with Crippen molar-refractivity contribution in [3.63, 3.8) is 0 Å². The lowest BCUT2D eigenvalue weighted by molar-refractivity contribution is -0.119. The molecule has 0 bridgehead atoms. The highest BCUT2D eigenvalue weighted by Crippen LogP contribution is 2.22. The normalized spacial score (nSPS) is 10.9. The van der Waals surface area contributed by atoms with E-state index in [-0.39, 0.29) is 10.6 Å². The molecule has 3 N–H and O–H groups in total. The third-order valence-electron chi connectivity index (χ3n) is 3.26. The molecule has 0 aliphatic carbocycles. The summed E-state index contributed by atoms with van der Waals surface area (Å²) in [6.07, 6.45) is 0. The molecule has 1 amide bonds. The number of nitrogens with two attached hydrogens (primary N) is 1. The fraction of sp³-hybridized carbons (Fsp3) is 0.176. The van der Waals surface area contributed by atoms with Crippen LogP contribution in [0.2, 0.25) is 5.02 Å². The largest absolute Gasteiger partial charge is 0.494 e. The molecular formula is C17H17ClN2O6S. The Morgan fingerprint density at radius 3 is 2.41 bits per heavy atom. The average Bonchev–Trinajstić information content (AvgIpc) is 2.61. The molecule has 0 atom stereocenters. The van der Waals surface area contributed by atoms with Gasteiger partial charge in [-0.3, -0.25) is 4.79 Å². The first kappa shape index (κ1) is 20.7. The molecule has 2 rings (SSSR count). The van der Waals surface area contributed by atoms with E-state index in [1.807, 2.05) is 6.92 Å². The zero-order chi connectivity index (χ0) is 20.0. The molecule has 0 saturated heterocycles. The standard InChI is InChI=1S/C17H17ClN2O6S/c1-2-25-13-6-4-12(5-7-13)20-16(21)10-26-17(22)11-3-8-14(18)15(9-11)27(19,23)24/h3-9H,2,10H2,1H3,(H,20,21)(H2,19,23,24). The Labute approximate surface area is 161 Å². The number of sulfonamides is 1. The molecule has 0 aliphatic heterocycles. The highest BCUT2D eigenvalue weighted by atomic mass is 35.5. The number of hydrogen-bond acceptors (Lipinski definition) is 6. The summed E-state index contributed by atoms with van der Waals surface area (Å²) < 4.78 is 33.0. The van der Waals surface area contributed by atoms with E-state index in [9.17, 15) is 18.0 Å². The van der Waals surface area contributed by atoms with Crippen LogP contribution in [0.4, 0.5) is 5.69 Å². The molecule has 10 heteroatoms. The summed E-state index contributed by atoms with van der Waals surface area (Å²) in [6.45, 7) is 1.83. The van der Waals surface area contributed by atoms with Crippen LogP contribution in [-0.4, -0.2) is 33.5 Å². The number of rotatable bonds is 7. The van der Waals surface area contributed by atoms with Crippen LogP contribution < -0.4 is 15.2 Å². The molecule has 2 aromatic rings. The first-order valence-electron chi connectivity index (χ1n) is 7.73. The third kappa shape index (κ3) is 5.95. The van der Waals surface area contributed by atoms with Crippen molar-refractivity contribution in [2.24, 2.45) is 5.14 Å². The molecule has 27 heavy (non-hydrogen) atoms. The van der Waals surface area contributed by atoms with Gasteiger partial charge in [-0.1, -0.05) is 11.6 Å². The van der Waals surface area contributed by atoms with Gasteiger partial charge in [-0.2, -0.15) is 0 Å². The predicted octanol–water partition coefficient (Wildman–Crippen LogP) is 2.18. The fourth-order valence-electron chi connectivity index (χ4n) is 2.06. The minimum absolute atomic E-state index is 0.0997. The second kappa shape index (κ2) is 8.85.